The van der Waals surface area contributed by atoms with Gasteiger partial charge in [-0.15, -0.1) is 0 Å². The van der Waals surface area contributed by atoms with Crippen LogP contribution in [0.25, 0.3) is 11.0 Å². The van der Waals surface area contributed by atoms with Gasteiger partial charge in [0.1, 0.15) is 0 Å². The predicted octanol–water partition coefficient (Wildman–Crippen LogP) is 1.82. The molecule has 3 rings (SSSR count). The van der Waals surface area contributed by atoms with Gasteiger partial charge in [-0.3, -0.25) is 9.89 Å². The number of benzene rings is 1. The van der Waals surface area contributed by atoms with Crippen LogP contribution in [0.1, 0.15) is 26.2 Å². The van der Waals surface area contributed by atoms with Crippen LogP contribution in [-0.2, 0) is 6.54 Å². The molecule has 1 aliphatic heterocycles. The van der Waals surface area contributed by atoms with E-state index in [1.807, 2.05) is 24.5 Å². The number of imidazole rings is 1. The third-order valence-corrected chi connectivity index (χ3v) is 4.79. The molecule has 0 saturated carbocycles. The van der Waals surface area contributed by atoms with Crippen LogP contribution in [0.4, 0.5) is 0 Å². The maximum absolute atomic E-state index is 5.99. The monoisotopic (exact) mass is 328 g/mol. The minimum Gasteiger partial charge on any atom is -0.370 e. The molecule has 0 spiro atoms. The number of likely N-dealkylation sites (tertiary alicyclic amines) is 1. The highest BCUT2D eigenvalue weighted by molar-refractivity contribution is 5.77. The van der Waals surface area contributed by atoms with Crippen LogP contribution in [0.3, 0.4) is 0 Å². The van der Waals surface area contributed by atoms with Crippen LogP contribution in [0, 0.1) is 0 Å². The largest absolute Gasteiger partial charge is 0.370 e. The number of nitrogens with two attached hydrogens (primary N) is 1. The quantitative estimate of drug-likeness (QED) is 0.462. The number of likely N-dealkylation sites (N-methyl/N-ethyl adjacent to an activating group) is 1. The molecule has 6 heteroatoms. The number of nitrogens with zero attached hydrogens (tertiary/aromatic N) is 4. The number of aliphatic imine (C=N–C) groups is 1. The molecule has 24 heavy (non-hydrogen) atoms. The standard InChI is InChI=1S/C18H28N6/c1-2-23-11-5-7-15(23)13-21-18(19)20-10-6-12-24-14-22-16-8-3-4-9-17(16)24/h3-4,8-9,14-15H,2,5-7,10-13H2,1H3,(H3,19,20,21). The maximum Gasteiger partial charge on any atom is 0.188 e. The molecule has 3 N–H and O–H groups in total. The molecule has 0 bridgehead atoms. The summed E-state index contributed by atoms with van der Waals surface area (Å²) in [5.41, 5.74) is 8.22. The molecule has 2 heterocycles. The fourth-order valence-corrected chi connectivity index (χ4v) is 3.43. The van der Waals surface area contributed by atoms with Crippen molar-refractivity contribution in [2.75, 3.05) is 26.2 Å². The Morgan fingerprint density at radius 2 is 2.29 bits per heavy atom. The molecule has 1 unspecified atom stereocenters. The summed E-state index contributed by atoms with van der Waals surface area (Å²) >= 11 is 0. The molecule has 130 valence electrons. The number of para-hydroxylation sites is 2. The number of aromatic nitrogens is 2. The van der Waals surface area contributed by atoms with Gasteiger partial charge < -0.3 is 15.6 Å². The Bertz CT molecular complexity index is 677. The van der Waals surface area contributed by atoms with Gasteiger partial charge in [0.05, 0.1) is 23.9 Å². The summed E-state index contributed by atoms with van der Waals surface area (Å²) in [6.07, 6.45) is 5.40. The van der Waals surface area contributed by atoms with E-state index in [0.29, 0.717) is 12.0 Å². The van der Waals surface area contributed by atoms with Crippen molar-refractivity contribution in [3.8, 4) is 0 Å². The van der Waals surface area contributed by atoms with Crippen LogP contribution < -0.4 is 11.1 Å². The van der Waals surface area contributed by atoms with Crippen LogP contribution in [0.5, 0.6) is 0 Å². The van der Waals surface area contributed by atoms with Crippen LogP contribution in [0.15, 0.2) is 35.6 Å². The Labute approximate surface area is 143 Å². The lowest BCUT2D eigenvalue weighted by atomic mass is 10.2. The topological polar surface area (TPSA) is 71.5 Å². The van der Waals surface area contributed by atoms with E-state index in [2.05, 4.69) is 37.8 Å². The Hall–Kier alpha value is -2.08. The Kier molecular flexibility index (Phi) is 5.69. The van der Waals surface area contributed by atoms with E-state index >= 15 is 0 Å². The first-order valence-electron chi connectivity index (χ1n) is 8.95. The summed E-state index contributed by atoms with van der Waals surface area (Å²) in [6.45, 7) is 7.06. The molecular weight excluding hydrogens is 300 g/mol. The second-order valence-electron chi connectivity index (χ2n) is 6.36. The second kappa shape index (κ2) is 8.15. The summed E-state index contributed by atoms with van der Waals surface area (Å²) in [6, 6.07) is 8.77. The third kappa shape index (κ3) is 4.06. The Morgan fingerprint density at radius 3 is 3.17 bits per heavy atom. The molecule has 6 nitrogen and oxygen atoms in total. The predicted molar refractivity (Wildman–Crippen MR) is 99.1 cm³/mol. The van der Waals surface area contributed by atoms with Crippen molar-refractivity contribution in [1.29, 1.82) is 0 Å². The second-order valence-corrected chi connectivity index (χ2v) is 6.36. The van der Waals surface area contributed by atoms with E-state index in [1.165, 1.54) is 24.9 Å². The van der Waals surface area contributed by atoms with Gasteiger partial charge in [-0.2, -0.15) is 0 Å². The van der Waals surface area contributed by atoms with E-state index in [9.17, 15) is 0 Å². The van der Waals surface area contributed by atoms with Gasteiger partial charge in [0, 0.05) is 19.1 Å². The number of guanidine groups is 1. The van der Waals surface area contributed by atoms with Gasteiger partial charge in [-0.05, 0) is 44.5 Å². The molecule has 1 fully saturated rings. The average molecular weight is 328 g/mol. The average Bonchev–Trinajstić information content (AvgIpc) is 3.23. The zero-order valence-corrected chi connectivity index (χ0v) is 14.5. The summed E-state index contributed by atoms with van der Waals surface area (Å²) in [5, 5.41) is 3.23. The first kappa shape index (κ1) is 16.8. The zero-order chi connectivity index (χ0) is 16.8. The highest BCUT2D eigenvalue weighted by atomic mass is 15.2. The van der Waals surface area contributed by atoms with Crippen molar-refractivity contribution in [3.63, 3.8) is 0 Å². The van der Waals surface area contributed by atoms with Gasteiger partial charge in [-0.25, -0.2) is 4.98 Å². The molecular formula is C18H28N6. The first-order chi connectivity index (χ1) is 11.8. The molecule has 0 aliphatic carbocycles. The van der Waals surface area contributed by atoms with E-state index in [1.54, 1.807) is 0 Å². The fourth-order valence-electron chi connectivity index (χ4n) is 3.43. The molecule has 1 saturated heterocycles. The maximum atomic E-state index is 5.99. The van der Waals surface area contributed by atoms with E-state index in [0.717, 1.165) is 38.1 Å². The number of aryl methyl sites for hydroxylation is 1. The van der Waals surface area contributed by atoms with Crippen LogP contribution >= 0.6 is 0 Å². The number of rotatable bonds is 7. The third-order valence-electron chi connectivity index (χ3n) is 4.79. The number of nitrogens with one attached hydrogen (secondary N) is 1. The van der Waals surface area contributed by atoms with E-state index in [-0.39, 0.29) is 0 Å². The van der Waals surface area contributed by atoms with Gasteiger partial charge >= 0.3 is 0 Å². The molecule has 1 atom stereocenters. The van der Waals surface area contributed by atoms with Crippen molar-refractivity contribution in [1.82, 2.24) is 19.8 Å². The minimum absolute atomic E-state index is 0.563. The lowest BCUT2D eigenvalue weighted by molar-refractivity contribution is 0.273. The van der Waals surface area contributed by atoms with Crippen molar-refractivity contribution < 1.29 is 0 Å². The normalized spacial score (nSPS) is 19.2. The fraction of sp³-hybridized carbons (Fsp3) is 0.556. The summed E-state index contributed by atoms with van der Waals surface area (Å²) in [4.78, 5) is 11.4. The minimum atomic E-state index is 0.563. The van der Waals surface area contributed by atoms with Crippen LogP contribution in [-0.4, -0.2) is 52.6 Å². The molecule has 0 amide bonds. The van der Waals surface area contributed by atoms with Crippen molar-refractivity contribution >= 4 is 17.0 Å². The van der Waals surface area contributed by atoms with E-state index < -0.39 is 0 Å². The van der Waals surface area contributed by atoms with Gasteiger partial charge in [0.2, 0.25) is 0 Å². The molecule has 1 aromatic carbocycles. The zero-order valence-electron chi connectivity index (χ0n) is 14.5. The van der Waals surface area contributed by atoms with Crippen LogP contribution in [0.2, 0.25) is 0 Å². The first-order valence-corrected chi connectivity index (χ1v) is 8.95. The number of fused-ring (bicyclic) bond motifs is 1. The van der Waals surface area contributed by atoms with Crippen molar-refractivity contribution in [2.45, 2.75) is 38.8 Å². The van der Waals surface area contributed by atoms with Gasteiger partial charge in [0.15, 0.2) is 5.96 Å². The number of hydrogen-bond acceptors (Lipinski definition) is 3. The molecule has 0 radical (unpaired) electrons. The highest BCUT2D eigenvalue weighted by Crippen LogP contribution is 2.16. The SMILES string of the molecule is CCN1CCCC1CN=C(N)NCCCn1cnc2ccccc21. The summed E-state index contributed by atoms with van der Waals surface area (Å²) in [5.74, 6) is 0.563. The van der Waals surface area contributed by atoms with E-state index in [4.69, 9.17) is 5.73 Å². The lowest BCUT2D eigenvalue weighted by Gasteiger charge is -2.20. The Balaban J connectivity index is 1.40. The smallest absolute Gasteiger partial charge is 0.188 e. The molecule has 1 aromatic heterocycles. The van der Waals surface area contributed by atoms with Crippen molar-refractivity contribution in [2.24, 2.45) is 10.7 Å². The highest BCUT2D eigenvalue weighted by Gasteiger charge is 2.22. The molecule has 2 aromatic rings. The summed E-state index contributed by atoms with van der Waals surface area (Å²) in [7, 11) is 0. The van der Waals surface area contributed by atoms with Gasteiger partial charge in [-0.1, -0.05) is 19.1 Å². The lowest BCUT2D eigenvalue weighted by Crippen LogP contribution is -2.36. The molecule has 1 aliphatic rings. The Morgan fingerprint density at radius 1 is 1.42 bits per heavy atom. The van der Waals surface area contributed by atoms with Gasteiger partial charge in [0.25, 0.3) is 0 Å². The number of hydrogen-bond donors (Lipinski definition) is 2. The van der Waals surface area contributed by atoms with Crippen molar-refractivity contribution in [3.05, 3.63) is 30.6 Å². The summed E-state index contributed by atoms with van der Waals surface area (Å²) < 4.78 is 2.18.